The average molecular weight is 292 g/mol. The number of H-pyrrole nitrogens is 1. The van der Waals surface area contributed by atoms with Gasteiger partial charge >= 0.3 is 0 Å². The fraction of sp³-hybridized carbons (Fsp3) is 0.211. The van der Waals surface area contributed by atoms with Crippen LogP contribution in [0, 0.1) is 13.8 Å². The zero-order valence-electron chi connectivity index (χ0n) is 13.0. The Hall–Kier alpha value is -2.55. The van der Waals surface area contributed by atoms with E-state index in [4.69, 9.17) is 4.74 Å². The van der Waals surface area contributed by atoms with E-state index in [0.29, 0.717) is 6.61 Å². The van der Waals surface area contributed by atoms with Crippen LogP contribution in [0.4, 0.5) is 0 Å². The molecule has 22 heavy (non-hydrogen) atoms. The van der Waals surface area contributed by atoms with Crippen molar-refractivity contribution in [3.63, 3.8) is 0 Å². The molecule has 0 fully saturated rings. The van der Waals surface area contributed by atoms with Gasteiger partial charge in [0.25, 0.3) is 0 Å². The number of nitrogens with zero attached hydrogens (tertiary/aromatic N) is 1. The maximum atomic E-state index is 6.01. The van der Waals surface area contributed by atoms with Gasteiger partial charge in [-0.15, -0.1) is 0 Å². The Morgan fingerprint density at radius 1 is 1.05 bits per heavy atom. The average Bonchev–Trinajstić information content (AvgIpc) is 3.03. The van der Waals surface area contributed by atoms with Crippen LogP contribution in [0.15, 0.2) is 55.0 Å². The van der Waals surface area contributed by atoms with Crippen LogP contribution in [0.5, 0.6) is 5.75 Å². The van der Waals surface area contributed by atoms with Crippen molar-refractivity contribution in [2.45, 2.75) is 20.3 Å². The molecule has 2 aromatic carbocycles. The summed E-state index contributed by atoms with van der Waals surface area (Å²) in [5.74, 6) is 0.891. The highest BCUT2D eigenvalue weighted by Crippen LogP contribution is 2.29. The van der Waals surface area contributed by atoms with Crippen LogP contribution in [0.25, 0.3) is 11.3 Å². The molecular formula is C19H20N2O. The van der Waals surface area contributed by atoms with E-state index in [1.54, 1.807) is 6.33 Å². The quantitative estimate of drug-likeness (QED) is 0.760. The predicted molar refractivity (Wildman–Crippen MR) is 89.1 cm³/mol. The number of hydrogen-bond acceptors (Lipinski definition) is 2. The second-order valence-electron chi connectivity index (χ2n) is 5.55. The molecule has 0 atom stereocenters. The lowest BCUT2D eigenvalue weighted by Crippen LogP contribution is -2.03. The van der Waals surface area contributed by atoms with E-state index < -0.39 is 0 Å². The number of aryl methyl sites for hydroxylation is 2. The van der Waals surface area contributed by atoms with Crippen molar-refractivity contribution < 1.29 is 4.74 Å². The molecule has 1 heterocycles. The highest BCUT2D eigenvalue weighted by Gasteiger charge is 2.08. The lowest BCUT2D eigenvalue weighted by Gasteiger charge is -2.11. The second kappa shape index (κ2) is 6.48. The molecule has 3 heteroatoms. The highest BCUT2D eigenvalue weighted by molar-refractivity contribution is 5.67. The van der Waals surface area contributed by atoms with E-state index in [-0.39, 0.29) is 0 Å². The molecule has 0 saturated heterocycles. The zero-order chi connectivity index (χ0) is 15.4. The first-order chi connectivity index (χ1) is 10.7. The minimum atomic E-state index is 0.660. The maximum absolute atomic E-state index is 6.01. The Bertz CT molecular complexity index is 748. The first-order valence-electron chi connectivity index (χ1n) is 7.50. The zero-order valence-corrected chi connectivity index (χ0v) is 13.0. The number of nitrogens with one attached hydrogen (secondary N) is 1. The summed E-state index contributed by atoms with van der Waals surface area (Å²) in [6.07, 6.45) is 4.41. The summed E-state index contributed by atoms with van der Waals surface area (Å²) in [6, 6.07) is 14.8. The van der Waals surface area contributed by atoms with E-state index in [0.717, 1.165) is 23.4 Å². The van der Waals surface area contributed by atoms with Gasteiger partial charge in [0.1, 0.15) is 5.75 Å². The first kappa shape index (κ1) is 14.4. The number of hydrogen-bond donors (Lipinski definition) is 1. The van der Waals surface area contributed by atoms with Crippen LogP contribution < -0.4 is 4.74 Å². The first-order valence-corrected chi connectivity index (χ1v) is 7.50. The van der Waals surface area contributed by atoms with Crippen molar-refractivity contribution >= 4 is 0 Å². The second-order valence-corrected chi connectivity index (χ2v) is 5.55. The van der Waals surface area contributed by atoms with Crippen molar-refractivity contribution in [3.8, 4) is 17.0 Å². The van der Waals surface area contributed by atoms with Gasteiger partial charge in [0, 0.05) is 12.0 Å². The number of rotatable bonds is 5. The van der Waals surface area contributed by atoms with Gasteiger partial charge in [-0.1, -0.05) is 41.5 Å². The Balaban J connectivity index is 1.73. The molecule has 0 aliphatic rings. The minimum absolute atomic E-state index is 0.660. The third-order valence-electron chi connectivity index (χ3n) is 3.65. The summed E-state index contributed by atoms with van der Waals surface area (Å²) in [4.78, 5) is 7.24. The number of imidazole rings is 1. The fourth-order valence-corrected chi connectivity index (χ4v) is 2.53. The van der Waals surface area contributed by atoms with Gasteiger partial charge in [-0.2, -0.15) is 0 Å². The molecule has 1 N–H and O–H groups in total. The molecule has 3 aromatic rings. The Morgan fingerprint density at radius 2 is 1.91 bits per heavy atom. The molecule has 1 aromatic heterocycles. The van der Waals surface area contributed by atoms with Gasteiger partial charge in [-0.05, 0) is 31.5 Å². The van der Waals surface area contributed by atoms with Crippen LogP contribution in [0.1, 0.15) is 16.7 Å². The Morgan fingerprint density at radius 3 is 2.68 bits per heavy atom. The van der Waals surface area contributed by atoms with Crippen molar-refractivity contribution in [1.29, 1.82) is 0 Å². The Kier molecular flexibility index (Phi) is 4.24. The van der Waals surface area contributed by atoms with Crippen molar-refractivity contribution in [2.24, 2.45) is 0 Å². The molecule has 0 unspecified atom stereocenters. The summed E-state index contributed by atoms with van der Waals surface area (Å²) in [5.41, 5.74) is 5.83. The SMILES string of the molecule is Cc1cccc(CCOc2ccc(C)cc2-c2cnc[nH]2)c1. The van der Waals surface area contributed by atoms with Crippen LogP contribution in [-0.2, 0) is 6.42 Å². The van der Waals surface area contributed by atoms with E-state index in [1.807, 2.05) is 12.3 Å². The number of ether oxygens (including phenoxy) is 1. The standard InChI is InChI=1S/C19H20N2O/c1-14-4-3-5-16(10-14)8-9-22-19-7-6-15(2)11-17(19)18-12-20-13-21-18/h3-7,10-13H,8-9H2,1-2H3,(H,20,21). The summed E-state index contributed by atoms with van der Waals surface area (Å²) < 4.78 is 6.01. The van der Waals surface area contributed by atoms with Gasteiger partial charge in [-0.25, -0.2) is 4.98 Å². The summed E-state index contributed by atoms with van der Waals surface area (Å²) in [7, 11) is 0. The van der Waals surface area contributed by atoms with Gasteiger partial charge in [0.05, 0.1) is 24.8 Å². The summed E-state index contributed by atoms with van der Waals surface area (Å²) in [5, 5.41) is 0. The number of benzene rings is 2. The number of aromatic amines is 1. The number of aromatic nitrogens is 2. The van der Waals surface area contributed by atoms with Gasteiger partial charge in [0.15, 0.2) is 0 Å². The van der Waals surface area contributed by atoms with Gasteiger partial charge in [0.2, 0.25) is 0 Å². The molecule has 0 spiro atoms. The third-order valence-corrected chi connectivity index (χ3v) is 3.65. The van der Waals surface area contributed by atoms with E-state index >= 15 is 0 Å². The van der Waals surface area contributed by atoms with Crippen LogP contribution in [0.3, 0.4) is 0 Å². The minimum Gasteiger partial charge on any atom is -0.493 e. The highest BCUT2D eigenvalue weighted by atomic mass is 16.5. The normalized spacial score (nSPS) is 10.6. The smallest absolute Gasteiger partial charge is 0.128 e. The molecule has 112 valence electrons. The summed E-state index contributed by atoms with van der Waals surface area (Å²) in [6.45, 7) is 4.85. The van der Waals surface area contributed by atoms with Crippen molar-refractivity contribution in [1.82, 2.24) is 9.97 Å². The molecular weight excluding hydrogens is 272 g/mol. The molecule has 0 saturated carbocycles. The molecule has 0 amide bonds. The van der Waals surface area contributed by atoms with Gasteiger partial charge in [-0.3, -0.25) is 0 Å². The van der Waals surface area contributed by atoms with Gasteiger partial charge < -0.3 is 9.72 Å². The lowest BCUT2D eigenvalue weighted by atomic mass is 10.1. The Labute approximate surface area is 131 Å². The van der Waals surface area contributed by atoms with E-state index in [2.05, 4.69) is 60.2 Å². The third kappa shape index (κ3) is 3.37. The molecule has 0 aliphatic carbocycles. The topological polar surface area (TPSA) is 37.9 Å². The molecule has 0 radical (unpaired) electrons. The molecule has 3 nitrogen and oxygen atoms in total. The van der Waals surface area contributed by atoms with Crippen molar-refractivity contribution in [3.05, 3.63) is 71.7 Å². The van der Waals surface area contributed by atoms with E-state index in [1.165, 1.54) is 16.7 Å². The monoisotopic (exact) mass is 292 g/mol. The molecule has 0 bridgehead atoms. The van der Waals surface area contributed by atoms with E-state index in [9.17, 15) is 0 Å². The lowest BCUT2D eigenvalue weighted by molar-refractivity contribution is 0.323. The van der Waals surface area contributed by atoms with Crippen LogP contribution >= 0.6 is 0 Å². The van der Waals surface area contributed by atoms with Crippen molar-refractivity contribution in [2.75, 3.05) is 6.61 Å². The predicted octanol–water partition coefficient (Wildman–Crippen LogP) is 4.32. The summed E-state index contributed by atoms with van der Waals surface area (Å²) >= 11 is 0. The van der Waals surface area contributed by atoms with Crippen LogP contribution in [0.2, 0.25) is 0 Å². The maximum Gasteiger partial charge on any atom is 0.128 e. The van der Waals surface area contributed by atoms with Crippen LogP contribution in [-0.4, -0.2) is 16.6 Å². The molecule has 0 aliphatic heterocycles. The largest absolute Gasteiger partial charge is 0.493 e. The fourth-order valence-electron chi connectivity index (χ4n) is 2.53. The molecule has 3 rings (SSSR count).